The predicted molar refractivity (Wildman–Crippen MR) is 75.5 cm³/mol. The van der Waals surface area contributed by atoms with Crippen molar-refractivity contribution in [1.82, 2.24) is 15.5 Å². The van der Waals surface area contributed by atoms with Crippen LogP contribution in [0.3, 0.4) is 0 Å². The largest absolute Gasteiger partial charge is 0.352 e. The van der Waals surface area contributed by atoms with Gasteiger partial charge in [0.2, 0.25) is 5.91 Å². The van der Waals surface area contributed by atoms with Gasteiger partial charge in [-0.2, -0.15) is 0 Å². The monoisotopic (exact) mass is 255 g/mol. The van der Waals surface area contributed by atoms with E-state index >= 15 is 0 Å². The summed E-state index contributed by atoms with van der Waals surface area (Å²) in [5.74, 6) is 1.45. The van der Waals surface area contributed by atoms with Gasteiger partial charge in [-0.05, 0) is 58.3 Å². The zero-order valence-corrected chi connectivity index (χ0v) is 12.3. The van der Waals surface area contributed by atoms with E-state index in [9.17, 15) is 4.79 Å². The number of likely N-dealkylation sites (tertiary alicyclic amines) is 1. The van der Waals surface area contributed by atoms with Crippen LogP contribution in [0, 0.1) is 11.8 Å². The average molecular weight is 255 g/mol. The van der Waals surface area contributed by atoms with Crippen molar-refractivity contribution >= 4 is 5.91 Å². The van der Waals surface area contributed by atoms with Crippen LogP contribution in [0.1, 0.15) is 33.6 Å². The Morgan fingerprint density at radius 3 is 2.39 bits per heavy atom. The van der Waals surface area contributed by atoms with E-state index in [1.807, 2.05) is 7.05 Å². The summed E-state index contributed by atoms with van der Waals surface area (Å²) >= 11 is 0. The highest BCUT2D eigenvalue weighted by atomic mass is 16.2. The van der Waals surface area contributed by atoms with E-state index in [1.165, 1.54) is 12.8 Å². The molecule has 0 radical (unpaired) electrons. The summed E-state index contributed by atoms with van der Waals surface area (Å²) in [6.07, 6.45) is 2.40. The van der Waals surface area contributed by atoms with Crippen LogP contribution in [0.5, 0.6) is 0 Å². The average Bonchev–Trinajstić information content (AvgIpc) is 2.31. The van der Waals surface area contributed by atoms with Gasteiger partial charge in [0.25, 0.3) is 0 Å². The van der Waals surface area contributed by atoms with E-state index < -0.39 is 0 Å². The van der Waals surface area contributed by atoms with Gasteiger partial charge in [-0.3, -0.25) is 9.69 Å². The van der Waals surface area contributed by atoms with Crippen molar-refractivity contribution in [2.75, 3.05) is 33.2 Å². The lowest BCUT2D eigenvalue weighted by Crippen LogP contribution is -2.45. The second-order valence-electron chi connectivity index (χ2n) is 5.88. The topological polar surface area (TPSA) is 44.4 Å². The molecule has 0 aromatic carbocycles. The molecule has 1 fully saturated rings. The zero-order chi connectivity index (χ0) is 13.5. The third-order valence-electron chi connectivity index (χ3n) is 3.96. The highest BCUT2D eigenvalue weighted by Crippen LogP contribution is 2.15. The standard InChI is InChI=1S/C14H29N3O/c1-11(2)12(3)16-14(18)10-17-7-5-13(6-8-17)9-15-4/h11-13,15H,5-10H2,1-4H3,(H,16,18). The Morgan fingerprint density at radius 2 is 1.89 bits per heavy atom. The Morgan fingerprint density at radius 1 is 1.28 bits per heavy atom. The molecular formula is C14H29N3O. The molecule has 1 rings (SSSR count). The number of carbonyl (C=O) groups excluding carboxylic acids is 1. The molecule has 1 aliphatic rings. The van der Waals surface area contributed by atoms with E-state index in [0.717, 1.165) is 25.6 Å². The van der Waals surface area contributed by atoms with E-state index in [-0.39, 0.29) is 11.9 Å². The third kappa shape index (κ3) is 5.36. The smallest absolute Gasteiger partial charge is 0.234 e. The minimum atomic E-state index is 0.170. The number of amides is 1. The molecule has 0 aromatic heterocycles. The van der Waals surface area contributed by atoms with Gasteiger partial charge in [-0.1, -0.05) is 13.8 Å². The van der Waals surface area contributed by atoms with Crippen LogP contribution in [0.25, 0.3) is 0 Å². The van der Waals surface area contributed by atoms with E-state index in [2.05, 4.69) is 36.3 Å². The van der Waals surface area contributed by atoms with Gasteiger partial charge in [-0.15, -0.1) is 0 Å². The molecule has 1 saturated heterocycles. The van der Waals surface area contributed by atoms with E-state index in [0.29, 0.717) is 12.5 Å². The molecule has 0 aliphatic carbocycles. The quantitative estimate of drug-likeness (QED) is 0.746. The van der Waals surface area contributed by atoms with Gasteiger partial charge in [0.1, 0.15) is 0 Å². The maximum atomic E-state index is 11.9. The number of nitrogens with zero attached hydrogens (tertiary/aromatic N) is 1. The van der Waals surface area contributed by atoms with Crippen molar-refractivity contribution in [1.29, 1.82) is 0 Å². The van der Waals surface area contributed by atoms with Gasteiger partial charge < -0.3 is 10.6 Å². The lowest BCUT2D eigenvalue weighted by molar-refractivity contribution is -0.123. The van der Waals surface area contributed by atoms with Gasteiger partial charge >= 0.3 is 0 Å². The molecule has 0 spiro atoms. The Balaban J connectivity index is 2.22. The first-order chi connectivity index (χ1) is 8.52. The molecule has 4 nitrogen and oxygen atoms in total. The minimum Gasteiger partial charge on any atom is -0.352 e. The number of rotatable bonds is 6. The van der Waals surface area contributed by atoms with Crippen LogP contribution < -0.4 is 10.6 Å². The van der Waals surface area contributed by atoms with Crippen LogP contribution >= 0.6 is 0 Å². The molecule has 1 unspecified atom stereocenters. The first-order valence-corrected chi connectivity index (χ1v) is 7.19. The first kappa shape index (κ1) is 15.4. The summed E-state index contributed by atoms with van der Waals surface area (Å²) in [4.78, 5) is 14.1. The molecule has 0 aromatic rings. The fraction of sp³-hybridized carbons (Fsp3) is 0.929. The molecule has 1 aliphatic heterocycles. The molecule has 0 bridgehead atoms. The number of piperidine rings is 1. The number of hydrogen-bond acceptors (Lipinski definition) is 3. The third-order valence-corrected chi connectivity index (χ3v) is 3.96. The summed E-state index contributed by atoms with van der Waals surface area (Å²) < 4.78 is 0. The minimum absolute atomic E-state index is 0.170. The normalized spacial score (nSPS) is 20.1. The Hall–Kier alpha value is -0.610. The van der Waals surface area contributed by atoms with E-state index in [4.69, 9.17) is 0 Å². The molecular weight excluding hydrogens is 226 g/mol. The van der Waals surface area contributed by atoms with Gasteiger partial charge in [0.05, 0.1) is 6.54 Å². The summed E-state index contributed by atoms with van der Waals surface area (Å²) in [6.45, 7) is 10.1. The number of hydrogen-bond donors (Lipinski definition) is 2. The summed E-state index contributed by atoms with van der Waals surface area (Å²) in [7, 11) is 2.01. The van der Waals surface area contributed by atoms with Gasteiger partial charge in [0, 0.05) is 6.04 Å². The molecule has 0 saturated carbocycles. The molecule has 1 heterocycles. The summed E-state index contributed by atoms with van der Waals surface area (Å²) in [5, 5.41) is 6.30. The molecule has 18 heavy (non-hydrogen) atoms. The maximum Gasteiger partial charge on any atom is 0.234 e. The Labute approximate surface area is 111 Å². The lowest BCUT2D eigenvalue weighted by atomic mass is 9.97. The van der Waals surface area contributed by atoms with Gasteiger partial charge in [-0.25, -0.2) is 0 Å². The lowest BCUT2D eigenvalue weighted by Gasteiger charge is -2.31. The maximum absolute atomic E-state index is 11.9. The summed E-state index contributed by atoms with van der Waals surface area (Å²) in [6, 6.07) is 0.263. The number of nitrogens with one attached hydrogen (secondary N) is 2. The Bertz CT molecular complexity index is 247. The van der Waals surface area contributed by atoms with Crippen LogP contribution in [-0.2, 0) is 4.79 Å². The highest BCUT2D eigenvalue weighted by molar-refractivity contribution is 5.78. The first-order valence-electron chi connectivity index (χ1n) is 7.19. The van der Waals surface area contributed by atoms with Crippen molar-refractivity contribution in [3.63, 3.8) is 0 Å². The fourth-order valence-electron chi connectivity index (χ4n) is 2.31. The van der Waals surface area contributed by atoms with Crippen molar-refractivity contribution in [2.45, 2.75) is 39.7 Å². The predicted octanol–water partition coefficient (Wildman–Crippen LogP) is 1.08. The summed E-state index contributed by atoms with van der Waals surface area (Å²) in [5.41, 5.74) is 0. The second-order valence-corrected chi connectivity index (χ2v) is 5.88. The Kier molecular flexibility index (Phi) is 6.65. The van der Waals surface area contributed by atoms with Crippen molar-refractivity contribution in [3.8, 4) is 0 Å². The molecule has 1 amide bonds. The molecule has 2 N–H and O–H groups in total. The van der Waals surface area contributed by atoms with Crippen molar-refractivity contribution in [3.05, 3.63) is 0 Å². The van der Waals surface area contributed by atoms with Crippen molar-refractivity contribution in [2.24, 2.45) is 11.8 Å². The van der Waals surface area contributed by atoms with Gasteiger partial charge in [0.15, 0.2) is 0 Å². The number of carbonyl (C=O) groups is 1. The van der Waals surface area contributed by atoms with E-state index in [1.54, 1.807) is 0 Å². The highest BCUT2D eigenvalue weighted by Gasteiger charge is 2.21. The van der Waals surface area contributed by atoms with Crippen molar-refractivity contribution < 1.29 is 4.79 Å². The molecule has 4 heteroatoms. The van der Waals surface area contributed by atoms with Crippen LogP contribution in [0.4, 0.5) is 0 Å². The fourth-order valence-corrected chi connectivity index (χ4v) is 2.31. The molecule has 1 atom stereocenters. The zero-order valence-electron chi connectivity index (χ0n) is 12.3. The van der Waals surface area contributed by atoms with Crippen LogP contribution in [0.2, 0.25) is 0 Å². The van der Waals surface area contributed by atoms with Crippen LogP contribution in [0.15, 0.2) is 0 Å². The SMILES string of the molecule is CNCC1CCN(CC(=O)NC(C)C(C)C)CC1. The van der Waals surface area contributed by atoms with Crippen LogP contribution in [-0.4, -0.2) is 50.1 Å². The molecule has 106 valence electrons. The second kappa shape index (κ2) is 7.74.